The van der Waals surface area contributed by atoms with E-state index < -0.39 is 6.04 Å². The summed E-state index contributed by atoms with van der Waals surface area (Å²) in [7, 11) is 0. The fourth-order valence-corrected chi connectivity index (χ4v) is 2.18. The van der Waals surface area contributed by atoms with Gasteiger partial charge in [0.1, 0.15) is 17.7 Å². The van der Waals surface area contributed by atoms with Gasteiger partial charge in [-0.05, 0) is 25.0 Å². The minimum Gasteiger partial charge on any atom is -0.333 e. The SMILES string of the molecule is CCCn1ccnc1C(NN)c1ccc(C)cc1F. The second kappa shape index (κ2) is 5.95. The van der Waals surface area contributed by atoms with Crippen molar-refractivity contribution in [1.82, 2.24) is 15.0 Å². The number of halogens is 1. The Morgan fingerprint density at radius 1 is 1.47 bits per heavy atom. The summed E-state index contributed by atoms with van der Waals surface area (Å²) < 4.78 is 16.1. The molecule has 1 heterocycles. The molecule has 2 aromatic rings. The summed E-state index contributed by atoms with van der Waals surface area (Å²) >= 11 is 0. The van der Waals surface area contributed by atoms with Gasteiger partial charge in [-0.2, -0.15) is 0 Å². The average molecular weight is 262 g/mol. The van der Waals surface area contributed by atoms with Crippen LogP contribution < -0.4 is 11.3 Å². The molecule has 0 bridgehead atoms. The maximum atomic E-state index is 14.1. The highest BCUT2D eigenvalue weighted by atomic mass is 19.1. The van der Waals surface area contributed by atoms with E-state index in [4.69, 9.17) is 5.84 Å². The number of hydrazine groups is 1. The van der Waals surface area contributed by atoms with E-state index in [1.807, 2.05) is 23.8 Å². The van der Waals surface area contributed by atoms with Crippen molar-refractivity contribution in [2.24, 2.45) is 5.84 Å². The van der Waals surface area contributed by atoms with Crippen molar-refractivity contribution >= 4 is 0 Å². The molecule has 0 aliphatic carbocycles. The van der Waals surface area contributed by atoms with Gasteiger partial charge in [0.05, 0.1) is 0 Å². The molecule has 0 spiro atoms. The van der Waals surface area contributed by atoms with Crippen molar-refractivity contribution in [3.63, 3.8) is 0 Å². The molecule has 1 unspecified atom stereocenters. The van der Waals surface area contributed by atoms with E-state index in [9.17, 15) is 4.39 Å². The molecule has 0 fully saturated rings. The highest BCUT2D eigenvalue weighted by Gasteiger charge is 2.20. The van der Waals surface area contributed by atoms with Gasteiger partial charge in [-0.15, -0.1) is 0 Å². The van der Waals surface area contributed by atoms with Gasteiger partial charge in [0.25, 0.3) is 0 Å². The lowest BCUT2D eigenvalue weighted by atomic mass is 10.0. The number of benzene rings is 1. The first-order valence-corrected chi connectivity index (χ1v) is 6.40. The molecular formula is C14H19FN4. The molecule has 0 aliphatic rings. The smallest absolute Gasteiger partial charge is 0.131 e. The van der Waals surface area contributed by atoms with Gasteiger partial charge >= 0.3 is 0 Å². The number of nitrogens with one attached hydrogen (secondary N) is 1. The van der Waals surface area contributed by atoms with Gasteiger partial charge in [-0.3, -0.25) is 5.84 Å². The summed E-state index contributed by atoms with van der Waals surface area (Å²) in [6.45, 7) is 4.78. The summed E-state index contributed by atoms with van der Waals surface area (Å²) in [6.07, 6.45) is 4.58. The molecule has 2 rings (SSSR count). The Hall–Kier alpha value is -1.72. The molecule has 4 nitrogen and oxygen atoms in total. The Morgan fingerprint density at radius 3 is 2.89 bits per heavy atom. The van der Waals surface area contributed by atoms with Crippen LogP contribution in [0.1, 0.15) is 36.3 Å². The number of nitrogens with two attached hydrogens (primary N) is 1. The molecule has 3 N–H and O–H groups in total. The first kappa shape index (κ1) is 13.7. The van der Waals surface area contributed by atoms with Crippen molar-refractivity contribution in [3.05, 3.63) is 53.4 Å². The molecule has 1 aromatic heterocycles. The number of hydrogen-bond donors (Lipinski definition) is 2. The van der Waals surface area contributed by atoms with Crippen LogP contribution in [0.3, 0.4) is 0 Å². The van der Waals surface area contributed by atoms with Crippen molar-refractivity contribution < 1.29 is 4.39 Å². The molecule has 102 valence electrons. The number of aryl methyl sites for hydroxylation is 2. The summed E-state index contributed by atoms with van der Waals surface area (Å²) in [6, 6.07) is 4.69. The van der Waals surface area contributed by atoms with Gasteiger partial charge < -0.3 is 4.57 Å². The van der Waals surface area contributed by atoms with E-state index in [1.54, 1.807) is 12.3 Å². The second-order valence-corrected chi connectivity index (χ2v) is 4.60. The first-order valence-electron chi connectivity index (χ1n) is 6.40. The van der Waals surface area contributed by atoms with Crippen LogP contribution in [0.25, 0.3) is 0 Å². The molecule has 0 amide bonds. The van der Waals surface area contributed by atoms with Crippen LogP contribution >= 0.6 is 0 Å². The van der Waals surface area contributed by atoms with Crippen molar-refractivity contribution in [1.29, 1.82) is 0 Å². The zero-order valence-corrected chi connectivity index (χ0v) is 11.2. The van der Waals surface area contributed by atoms with Crippen LogP contribution in [0.15, 0.2) is 30.6 Å². The van der Waals surface area contributed by atoms with Crippen molar-refractivity contribution in [2.45, 2.75) is 32.9 Å². The van der Waals surface area contributed by atoms with E-state index in [0.717, 1.165) is 24.4 Å². The van der Waals surface area contributed by atoms with Crippen LogP contribution in [0, 0.1) is 12.7 Å². The number of rotatable bonds is 5. The molecule has 1 atom stereocenters. The second-order valence-electron chi connectivity index (χ2n) is 4.60. The van der Waals surface area contributed by atoms with Crippen molar-refractivity contribution in [2.75, 3.05) is 0 Å². The lowest BCUT2D eigenvalue weighted by Gasteiger charge is -2.18. The number of hydrogen-bond acceptors (Lipinski definition) is 3. The van der Waals surface area contributed by atoms with Crippen LogP contribution in [-0.2, 0) is 6.54 Å². The number of nitrogens with zero attached hydrogens (tertiary/aromatic N) is 2. The molecule has 0 radical (unpaired) electrons. The monoisotopic (exact) mass is 262 g/mol. The van der Waals surface area contributed by atoms with Crippen LogP contribution in [0.5, 0.6) is 0 Å². The summed E-state index contributed by atoms with van der Waals surface area (Å²) in [4.78, 5) is 4.30. The van der Waals surface area contributed by atoms with E-state index in [2.05, 4.69) is 17.3 Å². The first-order chi connectivity index (χ1) is 9.17. The largest absolute Gasteiger partial charge is 0.333 e. The Balaban J connectivity index is 2.41. The van der Waals surface area contributed by atoms with Gasteiger partial charge in [-0.1, -0.05) is 19.1 Å². The zero-order valence-electron chi connectivity index (χ0n) is 11.2. The molecule has 0 saturated carbocycles. The maximum absolute atomic E-state index is 14.1. The van der Waals surface area contributed by atoms with E-state index in [0.29, 0.717) is 5.56 Å². The highest BCUT2D eigenvalue weighted by Crippen LogP contribution is 2.23. The predicted molar refractivity (Wildman–Crippen MR) is 72.8 cm³/mol. The Labute approximate surface area is 112 Å². The summed E-state index contributed by atoms with van der Waals surface area (Å²) in [5, 5.41) is 0. The van der Waals surface area contributed by atoms with Crippen LogP contribution in [0.2, 0.25) is 0 Å². The highest BCUT2D eigenvalue weighted by molar-refractivity contribution is 5.30. The molecular weight excluding hydrogens is 243 g/mol. The Morgan fingerprint density at radius 2 is 2.26 bits per heavy atom. The van der Waals surface area contributed by atoms with Crippen LogP contribution in [0.4, 0.5) is 4.39 Å². The molecule has 5 heteroatoms. The quantitative estimate of drug-likeness (QED) is 0.642. The van der Waals surface area contributed by atoms with Crippen LogP contribution in [-0.4, -0.2) is 9.55 Å². The molecule has 19 heavy (non-hydrogen) atoms. The third kappa shape index (κ3) is 2.83. The van der Waals surface area contributed by atoms with Gasteiger partial charge in [0, 0.05) is 24.5 Å². The Bertz CT molecular complexity index is 550. The zero-order chi connectivity index (χ0) is 13.8. The predicted octanol–water partition coefficient (Wildman–Crippen LogP) is 2.29. The number of imidazole rings is 1. The molecule has 0 aliphatic heterocycles. The third-order valence-corrected chi connectivity index (χ3v) is 3.10. The molecule has 0 saturated heterocycles. The molecule has 1 aromatic carbocycles. The topological polar surface area (TPSA) is 55.9 Å². The average Bonchev–Trinajstić information content (AvgIpc) is 2.82. The summed E-state index contributed by atoms with van der Waals surface area (Å²) in [5.74, 6) is 6.06. The minimum atomic E-state index is -0.442. The lowest BCUT2D eigenvalue weighted by molar-refractivity contribution is 0.515. The van der Waals surface area contributed by atoms with E-state index in [1.165, 1.54) is 6.07 Å². The lowest BCUT2D eigenvalue weighted by Crippen LogP contribution is -2.31. The standard InChI is InChI=1S/C14H19FN4/c1-3-7-19-8-6-17-14(19)13(18-16)11-5-4-10(2)9-12(11)15/h4-6,8-9,13,18H,3,7,16H2,1-2H3. The third-order valence-electron chi connectivity index (χ3n) is 3.10. The minimum absolute atomic E-state index is 0.269. The summed E-state index contributed by atoms with van der Waals surface area (Å²) in [5.41, 5.74) is 4.05. The Kier molecular flexibility index (Phi) is 4.29. The van der Waals surface area contributed by atoms with E-state index in [-0.39, 0.29) is 5.82 Å². The fourth-order valence-electron chi connectivity index (χ4n) is 2.18. The van der Waals surface area contributed by atoms with Gasteiger partial charge in [-0.25, -0.2) is 14.8 Å². The fraction of sp³-hybridized carbons (Fsp3) is 0.357. The van der Waals surface area contributed by atoms with Crippen molar-refractivity contribution in [3.8, 4) is 0 Å². The van der Waals surface area contributed by atoms with E-state index >= 15 is 0 Å². The maximum Gasteiger partial charge on any atom is 0.131 e. The van der Waals surface area contributed by atoms with Gasteiger partial charge in [0.2, 0.25) is 0 Å². The number of aromatic nitrogens is 2. The van der Waals surface area contributed by atoms with Gasteiger partial charge in [0.15, 0.2) is 0 Å². The normalized spacial score (nSPS) is 12.6.